The first-order valence-corrected chi connectivity index (χ1v) is 8.67. The van der Waals surface area contributed by atoms with Gasteiger partial charge < -0.3 is 0 Å². The molecule has 2 aromatic rings. The summed E-state index contributed by atoms with van der Waals surface area (Å²) in [5.74, 6) is 0.930. The van der Waals surface area contributed by atoms with Crippen molar-refractivity contribution in [2.45, 2.75) is 51.7 Å². The summed E-state index contributed by atoms with van der Waals surface area (Å²) in [5, 5.41) is 0. The molecule has 0 radical (unpaired) electrons. The molecule has 0 amide bonds. The molecule has 1 nitrogen and oxygen atoms in total. The molecule has 0 aliphatic heterocycles. The summed E-state index contributed by atoms with van der Waals surface area (Å²) in [4.78, 5) is 2.69. The lowest BCUT2D eigenvalue weighted by molar-refractivity contribution is 0.176. The summed E-state index contributed by atoms with van der Waals surface area (Å²) in [6, 6.07) is 22.6. The standard InChI is InChI=1S/C21H27N/c1-2-18-13-14-21(15-18)22(16-19-9-5-3-6-10-19)17-20-11-7-4-8-12-20/h3-12,18,21H,2,13-17H2,1H3. The fourth-order valence-electron chi connectivity index (χ4n) is 3.70. The van der Waals surface area contributed by atoms with Crippen molar-refractivity contribution in [1.29, 1.82) is 0 Å². The molecule has 0 spiro atoms. The van der Waals surface area contributed by atoms with Crippen LogP contribution in [0, 0.1) is 5.92 Å². The Labute approximate surface area is 135 Å². The first-order chi connectivity index (χ1) is 10.8. The molecule has 1 heteroatoms. The Kier molecular flexibility index (Phi) is 5.29. The van der Waals surface area contributed by atoms with Crippen LogP contribution >= 0.6 is 0 Å². The van der Waals surface area contributed by atoms with E-state index in [-0.39, 0.29) is 0 Å². The molecule has 0 N–H and O–H groups in total. The quantitative estimate of drug-likeness (QED) is 0.701. The predicted octanol–water partition coefficient (Wildman–Crippen LogP) is 5.27. The van der Waals surface area contributed by atoms with Gasteiger partial charge in [0.2, 0.25) is 0 Å². The van der Waals surface area contributed by atoms with Crippen molar-refractivity contribution in [2.75, 3.05) is 0 Å². The van der Waals surface area contributed by atoms with E-state index in [0.29, 0.717) is 0 Å². The second kappa shape index (κ2) is 7.60. The minimum Gasteiger partial charge on any atom is -0.292 e. The van der Waals surface area contributed by atoms with Gasteiger partial charge in [-0.25, -0.2) is 0 Å². The molecule has 0 saturated heterocycles. The second-order valence-corrected chi connectivity index (χ2v) is 6.62. The molecule has 0 heterocycles. The van der Waals surface area contributed by atoms with E-state index in [1.54, 1.807) is 0 Å². The molecular formula is C21H27N. The summed E-state index contributed by atoms with van der Waals surface area (Å²) < 4.78 is 0. The first-order valence-electron chi connectivity index (χ1n) is 8.67. The monoisotopic (exact) mass is 293 g/mol. The molecule has 2 unspecified atom stereocenters. The van der Waals surface area contributed by atoms with Gasteiger partial charge in [0, 0.05) is 19.1 Å². The van der Waals surface area contributed by atoms with E-state index in [1.165, 1.54) is 36.8 Å². The van der Waals surface area contributed by atoms with Crippen LogP contribution in [0.4, 0.5) is 0 Å². The van der Waals surface area contributed by atoms with Crippen molar-refractivity contribution in [2.24, 2.45) is 5.92 Å². The van der Waals surface area contributed by atoms with Crippen LogP contribution < -0.4 is 0 Å². The van der Waals surface area contributed by atoms with Gasteiger partial charge in [-0.1, -0.05) is 74.0 Å². The highest BCUT2D eigenvalue weighted by Gasteiger charge is 2.28. The second-order valence-electron chi connectivity index (χ2n) is 6.62. The Morgan fingerprint density at radius 3 is 1.82 bits per heavy atom. The third kappa shape index (κ3) is 3.98. The van der Waals surface area contributed by atoms with Gasteiger partial charge in [-0.3, -0.25) is 4.90 Å². The topological polar surface area (TPSA) is 3.24 Å². The van der Waals surface area contributed by atoms with Crippen molar-refractivity contribution in [3.8, 4) is 0 Å². The SMILES string of the molecule is CCC1CCC(N(Cc2ccccc2)Cc2ccccc2)C1. The number of benzene rings is 2. The number of hydrogen-bond donors (Lipinski definition) is 0. The number of rotatable bonds is 6. The summed E-state index contributed by atoms with van der Waals surface area (Å²) >= 11 is 0. The van der Waals surface area contributed by atoms with E-state index in [4.69, 9.17) is 0 Å². The highest BCUT2D eigenvalue weighted by molar-refractivity contribution is 5.17. The van der Waals surface area contributed by atoms with Crippen LogP contribution in [0.25, 0.3) is 0 Å². The van der Waals surface area contributed by atoms with Crippen LogP contribution in [-0.2, 0) is 13.1 Å². The third-order valence-electron chi connectivity index (χ3n) is 5.06. The average molecular weight is 293 g/mol. The third-order valence-corrected chi connectivity index (χ3v) is 5.06. The Bertz CT molecular complexity index is 507. The van der Waals surface area contributed by atoms with E-state index >= 15 is 0 Å². The Morgan fingerprint density at radius 2 is 1.36 bits per heavy atom. The highest BCUT2D eigenvalue weighted by Crippen LogP contribution is 2.33. The molecule has 2 atom stereocenters. The maximum absolute atomic E-state index is 2.69. The summed E-state index contributed by atoms with van der Waals surface area (Å²) in [7, 11) is 0. The van der Waals surface area contributed by atoms with Crippen molar-refractivity contribution in [3.05, 3.63) is 71.8 Å². The molecular weight excluding hydrogens is 266 g/mol. The zero-order valence-corrected chi connectivity index (χ0v) is 13.6. The maximum atomic E-state index is 2.69. The zero-order valence-electron chi connectivity index (χ0n) is 13.6. The smallest absolute Gasteiger partial charge is 0.0240 e. The average Bonchev–Trinajstić information content (AvgIpc) is 3.05. The zero-order chi connectivity index (χ0) is 15.2. The summed E-state index contributed by atoms with van der Waals surface area (Å²) in [6.45, 7) is 4.47. The summed E-state index contributed by atoms with van der Waals surface area (Å²) in [6.07, 6.45) is 5.47. The van der Waals surface area contributed by atoms with Crippen LogP contribution in [0.15, 0.2) is 60.7 Å². The van der Waals surface area contributed by atoms with Crippen molar-refractivity contribution in [3.63, 3.8) is 0 Å². The van der Waals surface area contributed by atoms with E-state index in [2.05, 4.69) is 72.5 Å². The highest BCUT2D eigenvalue weighted by atomic mass is 15.2. The Hall–Kier alpha value is -1.60. The first kappa shape index (κ1) is 15.3. The van der Waals surface area contributed by atoms with Crippen LogP contribution in [0.3, 0.4) is 0 Å². The fraction of sp³-hybridized carbons (Fsp3) is 0.429. The maximum Gasteiger partial charge on any atom is 0.0240 e. The lowest BCUT2D eigenvalue weighted by Crippen LogP contribution is -2.32. The minimum absolute atomic E-state index is 0.741. The van der Waals surface area contributed by atoms with Gasteiger partial charge in [0.15, 0.2) is 0 Å². The fourth-order valence-corrected chi connectivity index (χ4v) is 3.70. The lowest BCUT2D eigenvalue weighted by Gasteiger charge is -2.29. The van der Waals surface area contributed by atoms with Crippen LogP contribution in [0.1, 0.15) is 43.7 Å². The predicted molar refractivity (Wildman–Crippen MR) is 93.6 cm³/mol. The van der Waals surface area contributed by atoms with E-state index in [9.17, 15) is 0 Å². The van der Waals surface area contributed by atoms with Crippen LogP contribution in [-0.4, -0.2) is 10.9 Å². The Morgan fingerprint density at radius 1 is 0.818 bits per heavy atom. The van der Waals surface area contributed by atoms with Gasteiger partial charge >= 0.3 is 0 Å². The van der Waals surface area contributed by atoms with Gasteiger partial charge in [0.05, 0.1) is 0 Å². The van der Waals surface area contributed by atoms with Crippen molar-refractivity contribution < 1.29 is 0 Å². The molecule has 1 saturated carbocycles. The number of hydrogen-bond acceptors (Lipinski definition) is 1. The van der Waals surface area contributed by atoms with Gasteiger partial charge in [0.25, 0.3) is 0 Å². The molecule has 1 aliphatic carbocycles. The minimum atomic E-state index is 0.741. The van der Waals surface area contributed by atoms with Crippen molar-refractivity contribution >= 4 is 0 Å². The van der Waals surface area contributed by atoms with Gasteiger partial charge in [-0.15, -0.1) is 0 Å². The largest absolute Gasteiger partial charge is 0.292 e. The normalized spacial score (nSPS) is 21.4. The van der Waals surface area contributed by atoms with E-state index < -0.39 is 0 Å². The van der Waals surface area contributed by atoms with Crippen molar-refractivity contribution in [1.82, 2.24) is 4.90 Å². The number of nitrogens with zero attached hydrogens (tertiary/aromatic N) is 1. The summed E-state index contributed by atoms with van der Waals surface area (Å²) in [5.41, 5.74) is 2.86. The molecule has 3 rings (SSSR count). The molecule has 22 heavy (non-hydrogen) atoms. The van der Waals surface area contributed by atoms with Crippen LogP contribution in [0.2, 0.25) is 0 Å². The molecule has 2 aromatic carbocycles. The molecule has 1 aliphatic rings. The van der Waals surface area contributed by atoms with Crippen LogP contribution in [0.5, 0.6) is 0 Å². The van der Waals surface area contributed by atoms with Gasteiger partial charge in [-0.05, 0) is 36.3 Å². The lowest BCUT2D eigenvalue weighted by atomic mass is 10.0. The molecule has 116 valence electrons. The molecule has 1 fully saturated rings. The van der Waals surface area contributed by atoms with Gasteiger partial charge in [-0.2, -0.15) is 0 Å². The molecule has 0 bridgehead atoms. The Balaban J connectivity index is 1.73. The van der Waals surface area contributed by atoms with Gasteiger partial charge in [0.1, 0.15) is 0 Å². The van der Waals surface area contributed by atoms with E-state index in [1.807, 2.05) is 0 Å². The molecule has 0 aromatic heterocycles. The van der Waals surface area contributed by atoms with E-state index in [0.717, 1.165) is 25.0 Å².